The first kappa shape index (κ1) is 14.8. The molecule has 0 aliphatic carbocycles. The molecule has 19 heavy (non-hydrogen) atoms. The Labute approximate surface area is 126 Å². The van der Waals surface area contributed by atoms with Crippen LogP contribution < -0.4 is 0 Å². The summed E-state index contributed by atoms with van der Waals surface area (Å²) in [5.41, 5.74) is 2.20. The molecule has 3 nitrogen and oxygen atoms in total. The van der Waals surface area contributed by atoms with Crippen molar-refractivity contribution in [2.75, 3.05) is 0 Å². The third-order valence-corrected chi connectivity index (χ3v) is 5.42. The average Bonchev–Trinajstić information content (AvgIpc) is 2.93. The minimum absolute atomic E-state index is 0.457. The minimum atomic E-state index is -0.457. The van der Waals surface area contributed by atoms with Crippen molar-refractivity contribution >= 4 is 27.3 Å². The Morgan fingerprint density at radius 2 is 2.16 bits per heavy atom. The van der Waals surface area contributed by atoms with Crippen molar-refractivity contribution in [3.05, 3.63) is 37.7 Å². The Morgan fingerprint density at radius 3 is 2.68 bits per heavy atom. The van der Waals surface area contributed by atoms with Gasteiger partial charge >= 0.3 is 0 Å². The standard InChI is InChI=1S/C14H19BrN2OS/c1-4-10-6-11(17(5-2)16-10)7-13(18)14-8-12(15)9(3)19-14/h6,8,13,18H,4-5,7H2,1-3H3. The van der Waals surface area contributed by atoms with Crippen LogP contribution in [0.3, 0.4) is 0 Å². The van der Waals surface area contributed by atoms with Crippen molar-refractivity contribution < 1.29 is 5.11 Å². The van der Waals surface area contributed by atoms with Crippen molar-refractivity contribution in [3.8, 4) is 0 Å². The fourth-order valence-electron chi connectivity index (χ4n) is 2.07. The Morgan fingerprint density at radius 1 is 1.42 bits per heavy atom. The van der Waals surface area contributed by atoms with E-state index in [4.69, 9.17) is 0 Å². The van der Waals surface area contributed by atoms with Gasteiger partial charge < -0.3 is 5.11 Å². The molecule has 0 spiro atoms. The van der Waals surface area contributed by atoms with Gasteiger partial charge in [-0.05, 0) is 48.3 Å². The number of aliphatic hydroxyl groups is 1. The van der Waals surface area contributed by atoms with Gasteiger partial charge in [-0.15, -0.1) is 11.3 Å². The van der Waals surface area contributed by atoms with E-state index in [-0.39, 0.29) is 0 Å². The van der Waals surface area contributed by atoms with Gasteiger partial charge in [0.2, 0.25) is 0 Å². The molecule has 2 aromatic heterocycles. The van der Waals surface area contributed by atoms with Gasteiger partial charge in [-0.2, -0.15) is 5.10 Å². The van der Waals surface area contributed by atoms with Gasteiger partial charge in [-0.3, -0.25) is 4.68 Å². The van der Waals surface area contributed by atoms with E-state index in [0.29, 0.717) is 6.42 Å². The lowest BCUT2D eigenvalue weighted by molar-refractivity contribution is 0.179. The molecule has 1 unspecified atom stereocenters. The van der Waals surface area contributed by atoms with Crippen LogP contribution >= 0.6 is 27.3 Å². The van der Waals surface area contributed by atoms with Gasteiger partial charge in [0.1, 0.15) is 0 Å². The molecule has 1 N–H and O–H groups in total. The summed E-state index contributed by atoms with van der Waals surface area (Å²) >= 11 is 5.14. The largest absolute Gasteiger partial charge is 0.387 e. The SMILES string of the molecule is CCc1cc(CC(O)c2cc(Br)c(C)s2)n(CC)n1. The van der Waals surface area contributed by atoms with E-state index < -0.39 is 6.10 Å². The molecule has 0 bridgehead atoms. The molecule has 2 rings (SSSR count). The fraction of sp³-hybridized carbons (Fsp3) is 0.500. The molecule has 0 amide bonds. The Hall–Kier alpha value is -0.650. The molecule has 0 radical (unpaired) electrons. The second kappa shape index (κ2) is 6.20. The molecular formula is C14H19BrN2OS. The lowest BCUT2D eigenvalue weighted by Crippen LogP contribution is -2.07. The number of hydrogen-bond donors (Lipinski definition) is 1. The highest BCUT2D eigenvalue weighted by Crippen LogP contribution is 2.32. The number of hydrogen-bond acceptors (Lipinski definition) is 3. The van der Waals surface area contributed by atoms with Crippen LogP contribution in [0.15, 0.2) is 16.6 Å². The number of thiophene rings is 1. The van der Waals surface area contributed by atoms with Crippen LogP contribution in [0.25, 0.3) is 0 Å². The van der Waals surface area contributed by atoms with Crippen LogP contribution in [0.4, 0.5) is 0 Å². The molecule has 104 valence electrons. The predicted molar refractivity (Wildman–Crippen MR) is 82.7 cm³/mol. The van der Waals surface area contributed by atoms with Crippen LogP contribution in [-0.4, -0.2) is 14.9 Å². The number of aliphatic hydroxyl groups excluding tert-OH is 1. The maximum Gasteiger partial charge on any atom is 0.0937 e. The second-order valence-corrected chi connectivity index (χ2v) is 6.71. The zero-order valence-corrected chi connectivity index (χ0v) is 13.9. The highest BCUT2D eigenvalue weighted by molar-refractivity contribution is 9.10. The van der Waals surface area contributed by atoms with Crippen LogP contribution in [0.1, 0.15) is 41.1 Å². The van der Waals surface area contributed by atoms with E-state index >= 15 is 0 Å². The molecular weight excluding hydrogens is 324 g/mol. The first-order valence-corrected chi connectivity index (χ1v) is 8.15. The maximum atomic E-state index is 10.4. The predicted octanol–water partition coefficient (Wildman–Crippen LogP) is 3.87. The summed E-state index contributed by atoms with van der Waals surface area (Å²) in [5, 5.41) is 14.9. The molecule has 5 heteroatoms. The number of nitrogens with zero attached hydrogens (tertiary/aromatic N) is 2. The van der Waals surface area contributed by atoms with E-state index in [9.17, 15) is 5.11 Å². The third-order valence-electron chi connectivity index (χ3n) is 3.18. The van der Waals surface area contributed by atoms with E-state index in [1.807, 2.05) is 10.7 Å². The fourth-order valence-corrected chi connectivity index (χ4v) is 3.62. The van der Waals surface area contributed by atoms with Crippen molar-refractivity contribution in [2.45, 2.75) is 46.3 Å². The van der Waals surface area contributed by atoms with E-state index in [0.717, 1.165) is 33.7 Å². The summed E-state index contributed by atoms with van der Waals surface area (Å²) in [7, 11) is 0. The van der Waals surface area contributed by atoms with E-state index in [1.165, 1.54) is 4.88 Å². The summed E-state index contributed by atoms with van der Waals surface area (Å²) in [6, 6.07) is 4.11. The average molecular weight is 343 g/mol. The van der Waals surface area contributed by atoms with Gasteiger partial charge in [0.15, 0.2) is 0 Å². The van der Waals surface area contributed by atoms with Crippen LogP contribution in [0.5, 0.6) is 0 Å². The van der Waals surface area contributed by atoms with Gasteiger partial charge in [-0.1, -0.05) is 6.92 Å². The molecule has 1 atom stereocenters. The molecule has 0 saturated carbocycles. The van der Waals surface area contributed by atoms with Gasteiger partial charge in [0.25, 0.3) is 0 Å². The summed E-state index contributed by atoms with van der Waals surface area (Å²) in [6.45, 7) is 7.07. The minimum Gasteiger partial charge on any atom is -0.387 e. The molecule has 0 aromatic carbocycles. The number of halogens is 1. The van der Waals surface area contributed by atoms with E-state index in [1.54, 1.807) is 11.3 Å². The van der Waals surface area contributed by atoms with Crippen molar-refractivity contribution in [1.29, 1.82) is 0 Å². The lowest BCUT2D eigenvalue weighted by atomic mass is 10.1. The van der Waals surface area contributed by atoms with Crippen LogP contribution in [0.2, 0.25) is 0 Å². The van der Waals surface area contributed by atoms with E-state index in [2.05, 4.69) is 47.9 Å². The summed E-state index contributed by atoms with van der Waals surface area (Å²) in [5.74, 6) is 0. The zero-order valence-electron chi connectivity index (χ0n) is 11.5. The first-order valence-electron chi connectivity index (χ1n) is 6.54. The number of aromatic nitrogens is 2. The zero-order chi connectivity index (χ0) is 14.0. The summed E-state index contributed by atoms with van der Waals surface area (Å²) in [6.07, 6.45) is 1.09. The summed E-state index contributed by atoms with van der Waals surface area (Å²) < 4.78 is 3.06. The summed E-state index contributed by atoms with van der Waals surface area (Å²) in [4.78, 5) is 2.21. The van der Waals surface area contributed by atoms with Gasteiger partial charge in [0, 0.05) is 32.9 Å². The topological polar surface area (TPSA) is 38.0 Å². The Bertz CT molecular complexity index is 542. The second-order valence-electron chi connectivity index (χ2n) is 4.57. The first-order chi connectivity index (χ1) is 9.05. The Balaban J connectivity index is 2.18. The van der Waals surface area contributed by atoms with Gasteiger partial charge in [0.05, 0.1) is 11.8 Å². The molecule has 2 aromatic rings. The molecule has 2 heterocycles. The molecule has 0 fully saturated rings. The lowest BCUT2D eigenvalue weighted by Gasteiger charge is -2.09. The molecule has 0 aliphatic heterocycles. The normalized spacial score (nSPS) is 12.9. The van der Waals surface area contributed by atoms with Crippen LogP contribution in [-0.2, 0) is 19.4 Å². The highest BCUT2D eigenvalue weighted by Gasteiger charge is 2.16. The van der Waals surface area contributed by atoms with Crippen molar-refractivity contribution in [1.82, 2.24) is 9.78 Å². The quantitative estimate of drug-likeness (QED) is 0.895. The molecule has 0 aliphatic rings. The maximum absolute atomic E-state index is 10.4. The van der Waals surface area contributed by atoms with Crippen LogP contribution in [0, 0.1) is 6.92 Å². The monoisotopic (exact) mass is 342 g/mol. The molecule has 0 saturated heterocycles. The number of aryl methyl sites for hydroxylation is 3. The smallest absolute Gasteiger partial charge is 0.0937 e. The van der Waals surface area contributed by atoms with Crippen molar-refractivity contribution in [3.63, 3.8) is 0 Å². The Kier molecular flexibility index (Phi) is 4.81. The third kappa shape index (κ3) is 3.27. The van der Waals surface area contributed by atoms with Crippen molar-refractivity contribution in [2.24, 2.45) is 0 Å². The van der Waals surface area contributed by atoms with Gasteiger partial charge in [-0.25, -0.2) is 0 Å². The number of rotatable bonds is 5. The highest BCUT2D eigenvalue weighted by atomic mass is 79.9.